The van der Waals surface area contributed by atoms with Crippen LogP contribution in [0.4, 0.5) is 8.78 Å². The average Bonchev–Trinajstić information content (AvgIpc) is 4.16. The van der Waals surface area contributed by atoms with Gasteiger partial charge in [0.25, 0.3) is 0 Å². The van der Waals surface area contributed by atoms with Crippen molar-refractivity contribution in [3.05, 3.63) is 104 Å². The zero-order valence-corrected chi connectivity index (χ0v) is 45.5. The monoisotopic (exact) mass is 983 g/mol. The van der Waals surface area contributed by atoms with Crippen molar-refractivity contribution in [2.45, 2.75) is 177 Å². The maximum atomic E-state index is 16.1. The van der Waals surface area contributed by atoms with Gasteiger partial charge in [-0.1, -0.05) is 163 Å². The fourth-order valence-corrected chi connectivity index (χ4v) is 13.9. The summed E-state index contributed by atoms with van der Waals surface area (Å²) in [5.41, 5.74) is 7.59. The molecule has 364 valence electrons. The lowest BCUT2D eigenvalue weighted by atomic mass is 9.92. The summed E-state index contributed by atoms with van der Waals surface area (Å²) in [5.74, 6) is 4.23. The number of fused-ring (bicyclic) bond motifs is 1. The SMILES string of the molecule is CCCCC(C)CSC1=NC(c2ccc(-c3ccc(CCC(CC)CCCC)cc3F)s2)=C2C(SCC(CC)CCCC)=NC(c3ccc(-c4ccc(CCC(CC)CCCC)cc4F)s3)=C12. The van der Waals surface area contributed by atoms with Gasteiger partial charge in [0.15, 0.2) is 0 Å². The van der Waals surface area contributed by atoms with Crippen LogP contribution in [0.3, 0.4) is 0 Å². The van der Waals surface area contributed by atoms with Gasteiger partial charge in [-0.3, -0.25) is 0 Å². The van der Waals surface area contributed by atoms with Gasteiger partial charge < -0.3 is 0 Å². The molecule has 0 aliphatic carbocycles. The molecule has 0 amide bonds. The van der Waals surface area contributed by atoms with Crippen molar-refractivity contribution >= 4 is 67.7 Å². The van der Waals surface area contributed by atoms with Crippen LogP contribution < -0.4 is 0 Å². The number of rotatable bonds is 29. The van der Waals surface area contributed by atoms with E-state index in [-0.39, 0.29) is 11.6 Å². The number of aryl methyl sites for hydroxylation is 2. The van der Waals surface area contributed by atoms with Gasteiger partial charge in [-0.05, 0) is 110 Å². The highest BCUT2D eigenvalue weighted by Gasteiger charge is 2.38. The van der Waals surface area contributed by atoms with Crippen LogP contribution in [-0.4, -0.2) is 21.6 Å². The highest BCUT2D eigenvalue weighted by atomic mass is 32.2. The van der Waals surface area contributed by atoms with Crippen LogP contribution >= 0.6 is 46.2 Å². The summed E-state index contributed by atoms with van der Waals surface area (Å²) in [7, 11) is 0. The van der Waals surface area contributed by atoms with Gasteiger partial charge >= 0.3 is 0 Å². The Balaban J connectivity index is 1.35. The van der Waals surface area contributed by atoms with Crippen molar-refractivity contribution in [2.75, 3.05) is 11.5 Å². The van der Waals surface area contributed by atoms with Gasteiger partial charge in [0, 0.05) is 43.5 Å². The van der Waals surface area contributed by atoms with E-state index in [0.717, 1.165) is 107 Å². The summed E-state index contributed by atoms with van der Waals surface area (Å²) in [5, 5.41) is 2.04. The molecule has 4 aromatic rings. The molecule has 4 heterocycles. The molecule has 4 unspecified atom stereocenters. The summed E-state index contributed by atoms with van der Waals surface area (Å²) >= 11 is 6.99. The Morgan fingerprint density at radius 1 is 0.478 bits per heavy atom. The van der Waals surface area contributed by atoms with Crippen LogP contribution in [-0.2, 0) is 12.8 Å². The number of halogens is 2. The van der Waals surface area contributed by atoms with Gasteiger partial charge in [-0.15, -0.1) is 46.2 Å². The fraction of sp³-hybridized carbons (Fsp3) is 0.559. The first-order valence-corrected chi connectivity index (χ1v) is 30.0. The van der Waals surface area contributed by atoms with Crippen molar-refractivity contribution < 1.29 is 8.78 Å². The molecule has 4 atom stereocenters. The second-order valence-corrected chi connectivity index (χ2v) is 23.6. The van der Waals surface area contributed by atoms with Crippen LogP contribution in [0.2, 0.25) is 0 Å². The molecule has 2 aromatic heterocycles. The summed E-state index contributed by atoms with van der Waals surface area (Å²) in [4.78, 5) is 15.0. The van der Waals surface area contributed by atoms with Crippen molar-refractivity contribution in [2.24, 2.45) is 33.7 Å². The minimum absolute atomic E-state index is 0.149. The third-order valence-electron chi connectivity index (χ3n) is 14.2. The fourth-order valence-electron chi connectivity index (χ4n) is 9.48. The minimum Gasteiger partial charge on any atom is -0.239 e. The molecule has 2 aliphatic heterocycles. The third kappa shape index (κ3) is 14.6. The Bertz CT molecular complexity index is 2210. The van der Waals surface area contributed by atoms with Crippen molar-refractivity contribution in [3.63, 3.8) is 0 Å². The molecule has 2 aliphatic rings. The standard InChI is InChI=1S/C59H80F2N2S4/c1-9-16-20-40(8)38-64-58-54-55(57(62-58)53-35-33-51(67-53)47-31-29-45(37-49(47)61)27-25-42(14-6)22-18-11-3)59(65-39-43(15-7)23-19-12-4)63-56(54)52-34-32-50(66-52)46-30-28-44(36-48(46)60)26-24-41(13-5)21-17-10-2/h28-37,40-43H,9-27,38-39H2,1-8H3. The number of thiophene rings is 2. The van der Waals surface area contributed by atoms with Gasteiger partial charge in [-0.25, -0.2) is 18.8 Å². The number of hydrogen-bond donors (Lipinski definition) is 0. The molecule has 0 saturated heterocycles. The number of unbranched alkanes of at least 4 members (excludes halogenated alkanes) is 4. The molecule has 0 saturated carbocycles. The average molecular weight is 984 g/mol. The van der Waals surface area contributed by atoms with Crippen LogP contribution in [0, 0.1) is 35.3 Å². The summed E-state index contributed by atoms with van der Waals surface area (Å²) in [6.07, 6.45) is 22.3. The Labute approximate surface area is 421 Å². The summed E-state index contributed by atoms with van der Waals surface area (Å²) in [6, 6.07) is 20.2. The molecule has 2 aromatic carbocycles. The van der Waals surface area contributed by atoms with E-state index < -0.39 is 0 Å². The number of aliphatic imine (C=N–C) groups is 2. The van der Waals surface area contributed by atoms with E-state index in [1.807, 2.05) is 35.7 Å². The highest BCUT2D eigenvalue weighted by Crippen LogP contribution is 2.51. The first kappa shape index (κ1) is 53.6. The number of nitrogens with zero attached hydrogens (tertiary/aromatic N) is 2. The number of hydrogen-bond acceptors (Lipinski definition) is 6. The lowest BCUT2D eigenvalue weighted by Gasteiger charge is -2.14. The van der Waals surface area contributed by atoms with Crippen molar-refractivity contribution in [1.29, 1.82) is 0 Å². The largest absolute Gasteiger partial charge is 0.239 e. The van der Waals surface area contributed by atoms with E-state index in [4.69, 9.17) is 9.98 Å². The van der Waals surface area contributed by atoms with E-state index in [1.54, 1.807) is 34.8 Å². The lowest BCUT2D eigenvalue weighted by Crippen LogP contribution is -2.07. The smallest absolute Gasteiger partial charge is 0.132 e. The number of thioether (sulfide) groups is 2. The first-order chi connectivity index (χ1) is 32.6. The van der Waals surface area contributed by atoms with E-state index in [9.17, 15) is 0 Å². The highest BCUT2D eigenvalue weighted by molar-refractivity contribution is 8.15. The van der Waals surface area contributed by atoms with E-state index in [1.165, 1.54) is 89.9 Å². The molecule has 0 spiro atoms. The maximum absolute atomic E-state index is 16.1. The van der Waals surface area contributed by atoms with Crippen LogP contribution in [0.5, 0.6) is 0 Å². The molecule has 0 radical (unpaired) electrons. The van der Waals surface area contributed by atoms with Gasteiger partial charge in [0.05, 0.1) is 21.1 Å². The molecule has 6 rings (SSSR count). The topological polar surface area (TPSA) is 24.7 Å². The Kier molecular flexibility index (Phi) is 22.0. The zero-order chi connectivity index (χ0) is 47.7. The second kappa shape index (κ2) is 27.6. The van der Waals surface area contributed by atoms with Gasteiger partial charge in [-0.2, -0.15) is 0 Å². The quantitative estimate of drug-likeness (QED) is 0.0542. The molecule has 8 heteroatoms. The summed E-state index contributed by atoms with van der Waals surface area (Å²) in [6.45, 7) is 18.3. The first-order valence-electron chi connectivity index (χ1n) is 26.3. The predicted octanol–water partition coefficient (Wildman–Crippen LogP) is 20.2. The zero-order valence-electron chi connectivity index (χ0n) is 42.2. The normalized spacial score (nSPS) is 15.6. The van der Waals surface area contributed by atoms with Gasteiger partial charge in [0.1, 0.15) is 21.7 Å². The Morgan fingerprint density at radius 3 is 1.30 bits per heavy atom. The maximum Gasteiger partial charge on any atom is 0.132 e. The van der Waals surface area contributed by atoms with Crippen molar-refractivity contribution in [3.8, 4) is 20.9 Å². The molecular weight excluding hydrogens is 903 g/mol. The van der Waals surface area contributed by atoms with E-state index >= 15 is 8.78 Å². The van der Waals surface area contributed by atoms with Crippen LogP contribution in [0.25, 0.3) is 32.3 Å². The molecule has 67 heavy (non-hydrogen) atoms. The van der Waals surface area contributed by atoms with Crippen LogP contribution in [0.1, 0.15) is 185 Å². The molecule has 2 nitrogen and oxygen atoms in total. The molecular formula is C59H80F2N2S4. The minimum atomic E-state index is -0.149. The van der Waals surface area contributed by atoms with Gasteiger partial charge in [0.2, 0.25) is 0 Å². The molecule has 0 fully saturated rings. The van der Waals surface area contributed by atoms with Crippen molar-refractivity contribution in [1.82, 2.24) is 0 Å². The Hall–Kier alpha value is -2.78. The van der Waals surface area contributed by atoms with E-state index in [2.05, 4.69) is 91.8 Å². The predicted molar refractivity (Wildman–Crippen MR) is 298 cm³/mol. The lowest BCUT2D eigenvalue weighted by molar-refractivity contribution is 0.421. The third-order valence-corrected chi connectivity index (χ3v) is 18.9. The van der Waals surface area contributed by atoms with E-state index in [0.29, 0.717) is 34.8 Å². The molecule has 0 N–H and O–H groups in total. The molecule has 0 bridgehead atoms. The van der Waals surface area contributed by atoms with Crippen LogP contribution in [0.15, 0.2) is 81.8 Å². The second-order valence-electron chi connectivity index (χ2n) is 19.4. The summed E-state index contributed by atoms with van der Waals surface area (Å²) < 4.78 is 32.1. The Morgan fingerprint density at radius 2 is 0.881 bits per heavy atom. The number of benzene rings is 2.